The number of nitrogens with one attached hydrogen (secondary N) is 2. The zero-order valence-electron chi connectivity index (χ0n) is 14.4. The largest absolute Gasteiger partial charge is 0.341 e. The third-order valence-electron chi connectivity index (χ3n) is 4.87. The highest BCUT2D eigenvalue weighted by molar-refractivity contribution is 5.58. The van der Waals surface area contributed by atoms with Gasteiger partial charge < -0.3 is 10.2 Å². The predicted octanol–water partition coefficient (Wildman–Crippen LogP) is 3.76. The summed E-state index contributed by atoms with van der Waals surface area (Å²) in [6.45, 7) is 4.30. The SMILES string of the molecule is CCCc1cnc(N2CCCCC2)nc1Nc1cc(C2CC2)[nH]n1. The molecule has 1 aliphatic heterocycles. The van der Waals surface area contributed by atoms with E-state index >= 15 is 0 Å². The van der Waals surface area contributed by atoms with Crippen LogP contribution in [-0.4, -0.2) is 33.3 Å². The molecule has 4 rings (SSSR count). The quantitative estimate of drug-likeness (QED) is 0.846. The number of hydrogen-bond donors (Lipinski definition) is 2. The molecule has 1 aliphatic carbocycles. The van der Waals surface area contributed by atoms with Crippen LogP contribution < -0.4 is 10.2 Å². The van der Waals surface area contributed by atoms with Crippen LogP contribution >= 0.6 is 0 Å². The number of aromatic nitrogens is 4. The van der Waals surface area contributed by atoms with Crippen molar-refractivity contribution < 1.29 is 0 Å². The Kier molecular flexibility index (Phi) is 4.36. The van der Waals surface area contributed by atoms with E-state index in [0.29, 0.717) is 5.92 Å². The monoisotopic (exact) mass is 326 g/mol. The van der Waals surface area contributed by atoms with Crippen molar-refractivity contribution in [3.63, 3.8) is 0 Å². The molecule has 6 heteroatoms. The first-order chi connectivity index (χ1) is 11.8. The highest BCUT2D eigenvalue weighted by Crippen LogP contribution is 2.39. The van der Waals surface area contributed by atoms with E-state index in [1.807, 2.05) is 6.20 Å². The van der Waals surface area contributed by atoms with Gasteiger partial charge in [-0.05, 0) is 38.5 Å². The molecule has 0 aromatic carbocycles. The summed E-state index contributed by atoms with van der Waals surface area (Å²) < 4.78 is 0. The van der Waals surface area contributed by atoms with E-state index in [1.54, 1.807) is 0 Å². The first-order valence-electron chi connectivity index (χ1n) is 9.26. The van der Waals surface area contributed by atoms with Crippen LogP contribution in [0.25, 0.3) is 0 Å². The molecule has 2 aliphatic rings. The van der Waals surface area contributed by atoms with Crippen LogP contribution in [0.1, 0.15) is 62.6 Å². The number of rotatable bonds is 6. The van der Waals surface area contributed by atoms with Crippen LogP contribution in [0.5, 0.6) is 0 Å². The van der Waals surface area contributed by atoms with E-state index in [0.717, 1.165) is 49.1 Å². The Morgan fingerprint density at radius 3 is 2.83 bits per heavy atom. The number of H-pyrrole nitrogens is 1. The second kappa shape index (κ2) is 6.79. The summed E-state index contributed by atoms with van der Waals surface area (Å²) in [5.74, 6) is 3.28. The molecule has 1 saturated carbocycles. The highest BCUT2D eigenvalue weighted by Gasteiger charge is 2.25. The molecule has 0 bridgehead atoms. The molecule has 1 saturated heterocycles. The molecule has 3 heterocycles. The number of piperidine rings is 1. The lowest BCUT2D eigenvalue weighted by atomic mass is 10.1. The lowest BCUT2D eigenvalue weighted by molar-refractivity contribution is 0.568. The van der Waals surface area contributed by atoms with Crippen molar-refractivity contribution in [1.29, 1.82) is 0 Å². The molecule has 2 aromatic heterocycles. The molecule has 6 nitrogen and oxygen atoms in total. The van der Waals surface area contributed by atoms with Crippen LogP contribution in [0.15, 0.2) is 12.3 Å². The summed E-state index contributed by atoms with van der Waals surface area (Å²) in [5, 5.41) is 11.0. The second-order valence-corrected chi connectivity index (χ2v) is 6.95. The van der Waals surface area contributed by atoms with E-state index in [1.165, 1.54) is 37.8 Å². The van der Waals surface area contributed by atoms with Gasteiger partial charge in [0.1, 0.15) is 5.82 Å². The molecule has 0 atom stereocenters. The van der Waals surface area contributed by atoms with E-state index < -0.39 is 0 Å². The molecule has 2 aromatic rings. The Morgan fingerprint density at radius 1 is 1.25 bits per heavy atom. The predicted molar refractivity (Wildman–Crippen MR) is 95.9 cm³/mol. The fourth-order valence-electron chi connectivity index (χ4n) is 3.33. The Labute approximate surface area is 143 Å². The van der Waals surface area contributed by atoms with Gasteiger partial charge in [-0.15, -0.1) is 0 Å². The van der Waals surface area contributed by atoms with Crippen molar-refractivity contribution in [3.8, 4) is 0 Å². The van der Waals surface area contributed by atoms with Crippen LogP contribution in [0.2, 0.25) is 0 Å². The lowest BCUT2D eigenvalue weighted by Gasteiger charge is -2.27. The normalized spacial score (nSPS) is 18.0. The summed E-state index contributed by atoms with van der Waals surface area (Å²) in [4.78, 5) is 11.7. The van der Waals surface area contributed by atoms with Crippen molar-refractivity contribution >= 4 is 17.6 Å². The molecule has 24 heavy (non-hydrogen) atoms. The summed E-state index contributed by atoms with van der Waals surface area (Å²) in [6.07, 6.45) is 10.4. The highest BCUT2D eigenvalue weighted by atomic mass is 15.3. The van der Waals surface area contributed by atoms with Gasteiger partial charge in [0.2, 0.25) is 5.95 Å². The lowest BCUT2D eigenvalue weighted by Crippen LogP contribution is -2.31. The van der Waals surface area contributed by atoms with Gasteiger partial charge in [-0.1, -0.05) is 13.3 Å². The Balaban J connectivity index is 1.57. The third-order valence-corrected chi connectivity index (χ3v) is 4.87. The molecule has 2 fully saturated rings. The minimum atomic E-state index is 0.678. The van der Waals surface area contributed by atoms with Gasteiger partial charge in [0, 0.05) is 42.5 Å². The number of anilines is 3. The van der Waals surface area contributed by atoms with E-state index in [-0.39, 0.29) is 0 Å². The van der Waals surface area contributed by atoms with Crippen LogP contribution in [0.3, 0.4) is 0 Å². The number of aryl methyl sites for hydroxylation is 1. The molecule has 0 amide bonds. The number of hydrogen-bond acceptors (Lipinski definition) is 5. The van der Waals surface area contributed by atoms with Crippen LogP contribution in [0, 0.1) is 0 Å². The van der Waals surface area contributed by atoms with Crippen molar-refractivity contribution in [1.82, 2.24) is 20.2 Å². The zero-order chi connectivity index (χ0) is 16.4. The minimum Gasteiger partial charge on any atom is -0.341 e. The van der Waals surface area contributed by atoms with Crippen molar-refractivity contribution in [2.24, 2.45) is 0 Å². The average Bonchev–Trinajstić information content (AvgIpc) is 3.37. The maximum Gasteiger partial charge on any atom is 0.227 e. The van der Waals surface area contributed by atoms with Crippen LogP contribution in [-0.2, 0) is 6.42 Å². The van der Waals surface area contributed by atoms with Gasteiger partial charge in [0.25, 0.3) is 0 Å². The van der Waals surface area contributed by atoms with Gasteiger partial charge in [0.05, 0.1) is 0 Å². The second-order valence-electron chi connectivity index (χ2n) is 6.95. The fraction of sp³-hybridized carbons (Fsp3) is 0.611. The Hall–Kier alpha value is -2.11. The molecule has 0 spiro atoms. The zero-order valence-corrected chi connectivity index (χ0v) is 14.4. The first kappa shape index (κ1) is 15.4. The topological polar surface area (TPSA) is 69.7 Å². The Morgan fingerprint density at radius 2 is 2.08 bits per heavy atom. The van der Waals surface area contributed by atoms with Gasteiger partial charge in [0.15, 0.2) is 5.82 Å². The van der Waals surface area contributed by atoms with Gasteiger partial charge in [-0.3, -0.25) is 5.10 Å². The summed E-state index contributed by atoms with van der Waals surface area (Å²) in [7, 11) is 0. The van der Waals surface area contributed by atoms with Gasteiger partial charge in [-0.25, -0.2) is 4.98 Å². The molecule has 0 unspecified atom stereocenters. The number of aromatic amines is 1. The maximum atomic E-state index is 4.83. The summed E-state index contributed by atoms with van der Waals surface area (Å²) in [5.41, 5.74) is 2.40. The van der Waals surface area contributed by atoms with E-state index in [2.05, 4.69) is 38.4 Å². The third kappa shape index (κ3) is 3.37. The number of nitrogens with zero attached hydrogens (tertiary/aromatic N) is 4. The Bertz CT molecular complexity index is 685. The summed E-state index contributed by atoms with van der Waals surface area (Å²) >= 11 is 0. The minimum absolute atomic E-state index is 0.678. The molecular weight excluding hydrogens is 300 g/mol. The standard InChI is InChI=1S/C18H26N6/c1-2-6-14-12-19-18(24-9-4-3-5-10-24)21-17(14)20-16-11-15(22-23-16)13-7-8-13/h11-13H,2-10H2,1H3,(H2,19,20,21,22,23). The van der Waals surface area contributed by atoms with Gasteiger partial charge >= 0.3 is 0 Å². The van der Waals surface area contributed by atoms with Crippen LogP contribution in [0.4, 0.5) is 17.6 Å². The maximum absolute atomic E-state index is 4.83. The summed E-state index contributed by atoms with van der Waals surface area (Å²) in [6, 6.07) is 2.12. The van der Waals surface area contributed by atoms with E-state index in [4.69, 9.17) is 4.98 Å². The van der Waals surface area contributed by atoms with Crippen molar-refractivity contribution in [3.05, 3.63) is 23.5 Å². The van der Waals surface area contributed by atoms with Crippen molar-refractivity contribution in [2.75, 3.05) is 23.3 Å². The molecule has 0 radical (unpaired) electrons. The van der Waals surface area contributed by atoms with Gasteiger partial charge in [-0.2, -0.15) is 10.1 Å². The molecule has 2 N–H and O–H groups in total. The average molecular weight is 326 g/mol. The fourth-order valence-corrected chi connectivity index (χ4v) is 3.33. The van der Waals surface area contributed by atoms with Crippen molar-refractivity contribution in [2.45, 2.75) is 57.8 Å². The smallest absolute Gasteiger partial charge is 0.227 e. The molecular formula is C18H26N6. The first-order valence-corrected chi connectivity index (χ1v) is 9.26. The van der Waals surface area contributed by atoms with E-state index in [9.17, 15) is 0 Å². The molecule has 128 valence electrons.